The van der Waals surface area contributed by atoms with Crippen LogP contribution in [0.15, 0.2) is 48.5 Å². The SMILES string of the molecule is CN(C)C(=O)[C@H]1[C@H](C(=O)N(C)C)C2(C)c3ccccc3C1(C)c1ccccc12. The Morgan fingerprint density at radius 3 is 1.11 bits per heavy atom. The lowest BCUT2D eigenvalue weighted by atomic mass is 9.41. The number of benzene rings is 2. The fraction of sp³-hybridized carbons (Fsp3) is 0.417. The molecule has 2 aromatic carbocycles. The molecule has 0 spiro atoms. The maximum Gasteiger partial charge on any atom is 0.227 e. The molecule has 2 bridgehead atoms. The van der Waals surface area contributed by atoms with E-state index in [0.717, 1.165) is 0 Å². The first-order chi connectivity index (χ1) is 13.2. The van der Waals surface area contributed by atoms with Gasteiger partial charge in [0.1, 0.15) is 0 Å². The van der Waals surface area contributed by atoms with Crippen LogP contribution >= 0.6 is 0 Å². The van der Waals surface area contributed by atoms with Crippen molar-refractivity contribution in [3.05, 3.63) is 70.8 Å². The van der Waals surface area contributed by atoms with E-state index >= 15 is 0 Å². The molecular weight excluding hydrogens is 348 g/mol. The Bertz CT molecular complexity index is 851. The van der Waals surface area contributed by atoms with Crippen LogP contribution in [0.25, 0.3) is 0 Å². The summed E-state index contributed by atoms with van der Waals surface area (Å²) >= 11 is 0. The van der Waals surface area contributed by atoms with E-state index in [1.165, 1.54) is 22.3 Å². The van der Waals surface area contributed by atoms with Crippen LogP contribution in [0.2, 0.25) is 0 Å². The largest absolute Gasteiger partial charge is 0.349 e. The van der Waals surface area contributed by atoms with Gasteiger partial charge in [0.05, 0.1) is 11.8 Å². The van der Waals surface area contributed by atoms with Gasteiger partial charge in [0.2, 0.25) is 11.8 Å². The topological polar surface area (TPSA) is 40.6 Å². The van der Waals surface area contributed by atoms with E-state index in [9.17, 15) is 9.59 Å². The highest BCUT2D eigenvalue weighted by molar-refractivity contribution is 5.94. The number of carbonyl (C=O) groups excluding carboxylic acids is 2. The summed E-state index contributed by atoms with van der Waals surface area (Å²) in [5, 5.41) is 0. The quantitative estimate of drug-likeness (QED) is 0.808. The summed E-state index contributed by atoms with van der Waals surface area (Å²) in [6.45, 7) is 4.29. The minimum Gasteiger partial charge on any atom is -0.349 e. The molecule has 0 unspecified atom stereocenters. The fourth-order valence-electron chi connectivity index (χ4n) is 5.74. The molecule has 0 fully saturated rings. The average Bonchev–Trinajstić information content (AvgIpc) is 2.68. The number of nitrogens with zero attached hydrogens (tertiary/aromatic N) is 2. The molecule has 0 aliphatic heterocycles. The van der Waals surface area contributed by atoms with Crippen molar-refractivity contribution in [1.29, 1.82) is 0 Å². The lowest BCUT2D eigenvalue weighted by Gasteiger charge is -2.60. The van der Waals surface area contributed by atoms with Crippen LogP contribution < -0.4 is 0 Å². The van der Waals surface area contributed by atoms with Gasteiger partial charge in [0, 0.05) is 39.0 Å². The first-order valence-electron chi connectivity index (χ1n) is 9.79. The standard InChI is InChI=1S/C24H28N2O2/c1-23-15-11-7-9-13-17(15)24(2,18-14-10-8-12-16(18)23)20(22(28)26(5)6)19(23)21(27)25(3)4/h7-14,19-20H,1-6H3/t19-,20-,23?,24?/m1/s1. The Hall–Kier alpha value is -2.62. The van der Waals surface area contributed by atoms with E-state index < -0.39 is 22.7 Å². The van der Waals surface area contributed by atoms with Crippen molar-refractivity contribution in [2.45, 2.75) is 24.7 Å². The zero-order valence-electron chi connectivity index (χ0n) is 17.5. The number of hydrogen-bond donors (Lipinski definition) is 0. The van der Waals surface area contributed by atoms with Crippen molar-refractivity contribution >= 4 is 11.8 Å². The van der Waals surface area contributed by atoms with Crippen LogP contribution in [0.4, 0.5) is 0 Å². The van der Waals surface area contributed by atoms with Crippen LogP contribution in [-0.2, 0) is 20.4 Å². The maximum atomic E-state index is 13.5. The molecule has 146 valence electrons. The van der Waals surface area contributed by atoms with Gasteiger partial charge in [-0.15, -0.1) is 0 Å². The summed E-state index contributed by atoms with van der Waals surface area (Å²) in [4.78, 5) is 30.4. The summed E-state index contributed by atoms with van der Waals surface area (Å²) in [6.07, 6.45) is 0. The minimum absolute atomic E-state index is 0.0120. The summed E-state index contributed by atoms with van der Waals surface area (Å²) in [5.41, 5.74) is 3.56. The van der Waals surface area contributed by atoms with Gasteiger partial charge in [0.15, 0.2) is 0 Å². The molecule has 4 heteroatoms. The third-order valence-corrected chi connectivity index (χ3v) is 7.08. The molecule has 3 aliphatic rings. The van der Waals surface area contributed by atoms with Gasteiger partial charge in [-0.05, 0) is 22.3 Å². The summed E-state index contributed by atoms with van der Waals surface area (Å²) in [7, 11) is 7.13. The third-order valence-electron chi connectivity index (χ3n) is 7.08. The van der Waals surface area contributed by atoms with Crippen molar-refractivity contribution < 1.29 is 9.59 Å². The molecule has 2 amide bonds. The molecule has 0 heterocycles. The van der Waals surface area contributed by atoms with E-state index in [1.807, 2.05) is 24.3 Å². The highest BCUT2D eigenvalue weighted by atomic mass is 16.2. The molecule has 28 heavy (non-hydrogen) atoms. The molecule has 3 aliphatic carbocycles. The van der Waals surface area contributed by atoms with Crippen LogP contribution in [0.1, 0.15) is 36.1 Å². The first kappa shape index (κ1) is 18.7. The molecule has 0 saturated heterocycles. The van der Waals surface area contributed by atoms with Crippen LogP contribution in [0, 0.1) is 11.8 Å². The second-order valence-corrected chi connectivity index (χ2v) is 8.92. The molecule has 0 N–H and O–H groups in total. The first-order valence-corrected chi connectivity index (χ1v) is 9.79. The smallest absolute Gasteiger partial charge is 0.227 e. The van der Waals surface area contributed by atoms with E-state index in [1.54, 1.807) is 38.0 Å². The van der Waals surface area contributed by atoms with Crippen LogP contribution in [0.3, 0.4) is 0 Å². The normalized spacial score (nSPS) is 29.6. The highest BCUT2D eigenvalue weighted by Crippen LogP contribution is 2.64. The molecule has 5 rings (SSSR count). The molecule has 0 saturated carbocycles. The predicted molar refractivity (Wildman–Crippen MR) is 110 cm³/mol. The monoisotopic (exact) mass is 376 g/mol. The van der Waals surface area contributed by atoms with E-state index in [2.05, 4.69) is 38.1 Å². The summed E-state index contributed by atoms with van der Waals surface area (Å²) in [6, 6.07) is 16.7. The van der Waals surface area contributed by atoms with Gasteiger partial charge in [0.25, 0.3) is 0 Å². The fourth-order valence-corrected chi connectivity index (χ4v) is 5.74. The second kappa shape index (κ2) is 5.94. The minimum atomic E-state index is -0.553. The maximum absolute atomic E-state index is 13.5. The summed E-state index contributed by atoms with van der Waals surface area (Å²) < 4.78 is 0. The Morgan fingerprint density at radius 2 is 0.893 bits per heavy atom. The second-order valence-electron chi connectivity index (χ2n) is 8.92. The van der Waals surface area contributed by atoms with Gasteiger partial charge in [-0.3, -0.25) is 9.59 Å². The summed E-state index contributed by atoms with van der Waals surface area (Å²) in [5.74, 6) is -0.879. The van der Waals surface area contributed by atoms with Gasteiger partial charge < -0.3 is 9.80 Å². The molecule has 2 aromatic rings. The van der Waals surface area contributed by atoms with E-state index in [4.69, 9.17) is 0 Å². The van der Waals surface area contributed by atoms with Gasteiger partial charge in [-0.25, -0.2) is 0 Å². The predicted octanol–water partition coefficient (Wildman–Crippen LogP) is 3.03. The van der Waals surface area contributed by atoms with Crippen LogP contribution in [0.5, 0.6) is 0 Å². The van der Waals surface area contributed by atoms with Gasteiger partial charge >= 0.3 is 0 Å². The zero-order valence-corrected chi connectivity index (χ0v) is 17.5. The van der Waals surface area contributed by atoms with E-state index in [0.29, 0.717) is 0 Å². The zero-order chi connectivity index (χ0) is 20.4. The Balaban J connectivity index is 2.15. The number of hydrogen-bond acceptors (Lipinski definition) is 2. The van der Waals surface area contributed by atoms with E-state index in [-0.39, 0.29) is 11.8 Å². The Morgan fingerprint density at radius 1 is 0.643 bits per heavy atom. The van der Waals surface area contributed by atoms with Crippen molar-refractivity contribution in [1.82, 2.24) is 9.80 Å². The van der Waals surface area contributed by atoms with Crippen LogP contribution in [-0.4, -0.2) is 49.8 Å². The molecular formula is C24H28N2O2. The van der Waals surface area contributed by atoms with Gasteiger partial charge in [-0.2, -0.15) is 0 Å². The molecule has 0 aromatic heterocycles. The molecule has 2 atom stereocenters. The highest BCUT2D eigenvalue weighted by Gasteiger charge is 2.66. The molecule has 0 radical (unpaired) electrons. The number of fused-ring (bicyclic) bond motifs is 1. The molecule has 4 nitrogen and oxygen atoms in total. The lowest BCUT2D eigenvalue weighted by molar-refractivity contribution is -0.150. The Labute approximate surface area is 167 Å². The van der Waals surface area contributed by atoms with Crippen molar-refractivity contribution in [3.63, 3.8) is 0 Å². The number of rotatable bonds is 2. The number of carbonyl (C=O) groups is 2. The number of amides is 2. The third kappa shape index (κ3) is 2.06. The van der Waals surface area contributed by atoms with Crippen molar-refractivity contribution in [3.8, 4) is 0 Å². The van der Waals surface area contributed by atoms with Gasteiger partial charge in [-0.1, -0.05) is 62.4 Å². The van der Waals surface area contributed by atoms with Crippen molar-refractivity contribution in [2.24, 2.45) is 11.8 Å². The van der Waals surface area contributed by atoms with Crippen molar-refractivity contribution in [2.75, 3.05) is 28.2 Å². The lowest BCUT2D eigenvalue weighted by Crippen LogP contribution is -2.65. The Kier molecular flexibility index (Phi) is 3.97. The average molecular weight is 377 g/mol.